The number of nitrogens with zero attached hydrogens (tertiary/aromatic N) is 1. The summed E-state index contributed by atoms with van der Waals surface area (Å²) in [6, 6.07) is 3.62. The number of amides is 1. The Bertz CT molecular complexity index is 387. The molecule has 0 unspecified atom stereocenters. The summed E-state index contributed by atoms with van der Waals surface area (Å²) in [4.78, 5) is 15.9. The number of rotatable bonds is 3. The van der Waals surface area contributed by atoms with Crippen molar-refractivity contribution in [3.05, 3.63) is 29.6 Å². The smallest absolute Gasteiger partial charge is 0.251 e. The number of aromatic nitrogens is 1. The fourth-order valence-electron chi connectivity index (χ4n) is 2.22. The largest absolute Gasteiger partial charge is 0.390 e. The van der Waals surface area contributed by atoms with E-state index in [0.29, 0.717) is 17.3 Å². The van der Waals surface area contributed by atoms with Crippen LogP contribution in [0.25, 0.3) is 0 Å². The number of nitrogens with one attached hydrogen (secondary N) is 1. The molecule has 92 valence electrons. The maximum Gasteiger partial charge on any atom is 0.251 e. The summed E-state index contributed by atoms with van der Waals surface area (Å²) in [6.07, 6.45) is 7.37. The van der Waals surface area contributed by atoms with Crippen LogP contribution in [0.15, 0.2) is 18.3 Å². The molecule has 1 aromatic rings. The van der Waals surface area contributed by atoms with E-state index in [2.05, 4.69) is 10.3 Å². The van der Waals surface area contributed by atoms with Crippen LogP contribution in [0, 0.1) is 0 Å². The van der Waals surface area contributed by atoms with Gasteiger partial charge in [-0.3, -0.25) is 9.78 Å². The third-order valence-corrected chi connectivity index (χ3v) is 3.18. The Morgan fingerprint density at radius 3 is 2.88 bits per heavy atom. The fraction of sp³-hybridized carbons (Fsp3) is 0.538. The van der Waals surface area contributed by atoms with Crippen LogP contribution in [0.2, 0.25) is 0 Å². The number of carbonyl (C=O) groups excluding carboxylic acids is 1. The van der Waals surface area contributed by atoms with Gasteiger partial charge >= 0.3 is 0 Å². The molecule has 1 amide bonds. The Hall–Kier alpha value is -1.42. The highest BCUT2D eigenvalue weighted by molar-refractivity contribution is 5.94. The van der Waals surface area contributed by atoms with Crippen LogP contribution in [0.5, 0.6) is 0 Å². The van der Waals surface area contributed by atoms with Crippen molar-refractivity contribution >= 4 is 5.91 Å². The number of aliphatic hydroxyl groups excluding tert-OH is 1. The summed E-state index contributed by atoms with van der Waals surface area (Å²) < 4.78 is 0. The minimum absolute atomic E-state index is 0.0611. The van der Waals surface area contributed by atoms with Crippen LogP contribution < -0.4 is 5.32 Å². The van der Waals surface area contributed by atoms with E-state index >= 15 is 0 Å². The molecule has 2 N–H and O–H groups in total. The lowest BCUT2D eigenvalue weighted by Gasteiger charge is -2.22. The Morgan fingerprint density at radius 1 is 1.41 bits per heavy atom. The van der Waals surface area contributed by atoms with Crippen LogP contribution >= 0.6 is 0 Å². The van der Waals surface area contributed by atoms with Crippen LogP contribution in [-0.2, 0) is 6.61 Å². The standard InChI is InChI=1S/C13H18N2O2/c16-9-12-8-10(6-7-14-12)13(17)15-11-4-2-1-3-5-11/h6-8,11,16H,1-5,9H2,(H,15,17). The fourth-order valence-corrected chi connectivity index (χ4v) is 2.22. The maximum atomic E-state index is 12.0. The van der Waals surface area contributed by atoms with Crippen molar-refractivity contribution in [1.82, 2.24) is 10.3 Å². The lowest BCUT2D eigenvalue weighted by Crippen LogP contribution is -2.36. The molecular weight excluding hydrogens is 216 g/mol. The summed E-state index contributed by atoms with van der Waals surface area (Å²) in [5.41, 5.74) is 1.11. The molecule has 1 saturated carbocycles. The average molecular weight is 234 g/mol. The van der Waals surface area contributed by atoms with Crippen molar-refractivity contribution < 1.29 is 9.90 Å². The molecule has 4 nitrogen and oxygen atoms in total. The quantitative estimate of drug-likeness (QED) is 0.835. The Morgan fingerprint density at radius 2 is 2.18 bits per heavy atom. The second-order valence-electron chi connectivity index (χ2n) is 4.50. The number of aliphatic hydroxyl groups is 1. The van der Waals surface area contributed by atoms with E-state index in [1.807, 2.05) is 0 Å². The topological polar surface area (TPSA) is 62.2 Å². The van der Waals surface area contributed by atoms with Crippen molar-refractivity contribution in [1.29, 1.82) is 0 Å². The van der Waals surface area contributed by atoms with Crippen LogP contribution in [-0.4, -0.2) is 22.0 Å². The SMILES string of the molecule is O=C(NC1CCCCC1)c1ccnc(CO)c1. The van der Waals surface area contributed by atoms with E-state index in [9.17, 15) is 4.79 Å². The average Bonchev–Trinajstić information content (AvgIpc) is 2.40. The normalized spacial score (nSPS) is 16.8. The molecule has 0 radical (unpaired) electrons. The molecule has 0 saturated heterocycles. The van der Waals surface area contributed by atoms with Gasteiger partial charge in [0, 0.05) is 17.8 Å². The minimum atomic E-state index is -0.134. The highest BCUT2D eigenvalue weighted by Crippen LogP contribution is 2.17. The van der Waals surface area contributed by atoms with E-state index in [0.717, 1.165) is 12.8 Å². The molecular formula is C13H18N2O2. The lowest BCUT2D eigenvalue weighted by atomic mass is 9.95. The van der Waals surface area contributed by atoms with E-state index in [-0.39, 0.29) is 12.5 Å². The molecule has 0 spiro atoms. The van der Waals surface area contributed by atoms with Gasteiger partial charge in [-0.05, 0) is 25.0 Å². The first-order chi connectivity index (χ1) is 8.29. The van der Waals surface area contributed by atoms with Crippen LogP contribution in [0.1, 0.15) is 48.2 Å². The van der Waals surface area contributed by atoms with Crippen molar-refractivity contribution in [3.63, 3.8) is 0 Å². The highest BCUT2D eigenvalue weighted by Gasteiger charge is 2.16. The zero-order valence-electron chi connectivity index (χ0n) is 9.85. The highest BCUT2D eigenvalue weighted by atomic mass is 16.3. The predicted molar refractivity (Wildman–Crippen MR) is 64.5 cm³/mol. The number of carbonyl (C=O) groups is 1. The second-order valence-corrected chi connectivity index (χ2v) is 4.50. The number of hydrogen-bond acceptors (Lipinski definition) is 3. The summed E-state index contributed by atoms with van der Waals surface area (Å²) in [5, 5.41) is 12.0. The van der Waals surface area contributed by atoms with Crippen molar-refractivity contribution in [2.24, 2.45) is 0 Å². The van der Waals surface area contributed by atoms with Gasteiger partial charge < -0.3 is 10.4 Å². The third kappa shape index (κ3) is 3.27. The number of hydrogen-bond donors (Lipinski definition) is 2. The zero-order valence-corrected chi connectivity index (χ0v) is 9.85. The molecule has 1 heterocycles. The van der Waals surface area contributed by atoms with Crippen molar-refractivity contribution in [3.8, 4) is 0 Å². The van der Waals surface area contributed by atoms with Crippen molar-refractivity contribution in [2.45, 2.75) is 44.8 Å². The lowest BCUT2D eigenvalue weighted by molar-refractivity contribution is 0.0927. The molecule has 4 heteroatoms. The van der Waals surface area contributed by atoms with Gasteiger partial charge in [-0.25, -0.2) is 0 Å². The van der Waals surface area contributed by atoms with Gasteiger partial charge in [0.25, 0.3) is 5.91 Å². The zero-order chi connectivity index (χ0) is 12.1. The van der Waals surface area contributed by atoms with E-state index in [1.54, 1.807) is 18.3 Å². The molecule has 1 aromatic heterocycles. The second kappa shape index (κ2) is 5.77. The van der Waals surface area contributed by atoms with Gasteiger partial charge in [0.2, 0.25) is 0 Å². The van der Waals surface area contributed by atoms with Crippen LogP contribution in [0.4, 0.5) is 0 Å². The summed E-state index contributed by atoms with van der Waals surface area (Å²) in [7, 11) is 0. The first-order valence-electron chi connectivity index (χ1n) is 6.16. The first kappa shape index (κ1) is 12.0. The maximum absolute atomic E-state index is 12.0. The molecule has 1 aliphatic rings. The van der Waals surface area contributed by atoms with Gasteiger partial charge in [0.05, 0.1) is 12.3 Å². The van der Waals surface area contributed by atoms with Gasteiger partial charge in [0.1, 0.15) is 0 Å². The Balaban J connectivity index is 1.98. The molecule has 0 aliphatic heterocycles. The van der Waals surface area contributed by atoms with Crippen LogP contribution in [0.3, 0.4) is 0 Å². The predicted octanol–water partition coefficient (Wildman–Crippen LogP) is 1.64. The number of pyridine rings is 1. The monoisotopic (exact) mass is 234 g/mol. The minimum Gasteiger partial charge on any atom is -0.390 e. The molecule has 1 fully saturated rings. The van der Waals surface area contributed by atoms with Gasteiger partial charge in [-0.1, -0.05) is 19.3 Å². The van der Waals surface area contributed by atoms with Gasteiger partial charge in [0.15, 0.2) is 0 Å². The Kier molecular flexibility index (Phi) is 4.09. The molecule has 0 bridgehead atoms. The Labute approximate surface area is 101 Å². The van der Waals surface area contributed by atoms with Gasteiger partial charge in [-0.15, -0.1) is 0 Å². The summed E-state index contributed by atoms with van der Waals surface area (Å²) >= 11 is 0. The third-order valence-electron chi connectivity index (χ3n) is 3.18. The van der Waals surface area contributed by atoms with Gasteiger partial charge in [-0.2, -0.15) is 0 Å². The molecule has 0 atom stereocenters. The summed E-state index contributed by atoms with van der Waals surface area (Å²) in [6.45, 7) is -0.134. The van der Waals surface area contributed by atoms with E-state index < -0.39 is 0 Å². The van der Waals surface area contributed by atoms with E-state index in [4.69, 9.17) is 5.11 Å². The molecule has 1 aliphatic carbocycles. The van der Waals surface area contributed by atoms with Crippen molar-refractivity contribution in [2.75, 3.05) is 0 Å². The summed E-state index contributed by atoms with van der Waals surface area (Å²) in [5.74, 6) is -0.0611. The first-order valence-corrected chi connectivity index (χ1v) is 6.16. The molecule has 0 aromatic carbocycles. The van der Waals surface area contributed by atoms with E-state index in [1.165, 1.54) is 19.3 Å². The molecule has 2 rings (SSSR count). The molecule has 17 heavy (non-hydrogen) atoms.